The topological polar surface area (TPSA) is 45.2 Å². The molecule has 0 spiro atoms. The third-order valence-corrected chi connectivity index (χ3v) is 4.98. The Morgan fingerprint density at radius 2 is 2.32 bits per heavy atom. The zero-order chi connectivity index (χ0) is 15.7. The number of nitrogens with one attached hydrogen (secondary N) is 1. The molecule has 1 aromatic heterocycles. The van der Waals surface area contributed by atoms with E-state index in [1.165, 1.54) is 29.7 Å². The molecule has 0 saturated carbocycles. The molecule has 8 heteroatoms. The smallest absolute Gasteiger partial charge is 0.270 e. The Hall–Kier alpha value is -1.15. The van der Waals surface area contributed by atoms with Gasteiger partial charge in [-0.05, 0) is 31.2 Å². The number of anilines is 1. The van der Waals surface area contributed by atoms with Crippen molar-refractivity contribution in [3.05, 3.63) is 45.6 Å². The monoisotopic (exact) mass is 357 g/mol. The lowest BCUT2D eigenvalue weighted by Crippen LogP contribution is -2.45. The summed E-state index contributed by atoms with van der Waals surface area (Å²) in [5.41, 5.74) is 2.02. The zero-order valence-corrected chi connectivity index (χ0v) is 13.8. The van der Waals surface area contributed by atoms with Crippen LogP contribution in [-0.4, -0.2) is 28.9 Å². The molecule has 1 N–H and O–H groups in total. The van der Waals surface area contributed by atoms with Crippen LogP contribution < -0.4 is 10.2 Å². The van der Waals surface area contributed by atoms with Gasteiger partial charge in [-0.1, -0.05) is 11.6 Å². The summed E-state index contributed by atoms with van der Waals surface area (Å²) in [5.74, 6) is -0.705. The fraction of sp³-hybridized carbons (Fsp3) is 0.286. The number of carbonyl (C=O) groups is 1. The summed E-state index contributed by atoms with van der Waals surface area (Å²) in [6.07, 6.45) is 2.24. The molecule has 1 fully saturated rings. The van der Waals surface area contributed by atoms with Crippen LogP contribution in [0.5, 0.6) is 0 Å². The number of halogens is 2. The summed E-state index contributed by atoms with van der Waals surface area (Å²) in [6, 6.07) is 3.92. The molecule has 4 nitrogen and oxygen atoms in total. The van der Waals surface area contributed by atoms with Crippen LogP contribution in [0.2, 0.25) is 5.02 Å². The molecule has 1 amide bonds. The first-order valence-electron chi connectivity index (χ1n) is 6.66. The van der Waals surface area contributed by atoms with Gasteiger partial charge < -0.3 is 10.2 Å². The van der Waals surface area contributed by atoms with Crippen molar-refractivity contribution in [1.29, 1.82) is 0 Å². The van der Waals surface area contributed by atoms with Crippen molar-refractivity contribution in [2.75, 3.05) is 11.4 Å². The lowest BCUT2D eigenvalue weighted by atomic mass is 10.1. The Morgan fingerprint density at radius 3 is 2.91 bits per heavy atom. The van der Waals surface area contributed by atoms with Gasteiger partial charge >= 0.3 is 0 Å². The second-order valence-corrected chi connectivity index (χ2v) is 6.80. The summed E-state index contributed by atoms with van der Waals surface area (Å²) in [4.78, 5) is 18.8. The second kappa shape index (κ2) is 6.54. The molecule has 1 aromatic carbocycles. The zero-order valence-electron chi connectivity index (χ0n) is 11.4. The summed E-state index contributed by atoms with van der Waals surface area (Å²) < 4.78 is 13.7. The Balaban J connectivity index is 2.04. The summed E-state index contributed by atoms with van der Waals surface area (Å²) in [6.45, 7) is 0.744. The molecule has 0 unspecified atom stereocenters. The van der Waals surface area contributed by atoms with E-state index in [0.717, 1.165) is 13.0 Å². The number of hydrogen-bond donors (Lipinski definition) is 2. The molecule has 116 valence electrons. The van der Waals surface area contributed by atoms with Gasteiger partial charge in [0.25, 0.3) is 5.91 Å². The average Bonchev–Trinajstić information content (AvgIpc) is 3.10. The van der Waals surface area contributed by atoms with Crippen LogP contribution in [-0.2, 0) is 0 Å². The Morgan fingerprint density at radius 1 is 1.50 bits per heavy atom. The van der Waals surface area contributed by atoms with Crippen molar-refractivity contribution >= 4 is 47.2 Å². The molecule has 1 aliphatic heterocycles. The molecular formula is C14H13ClFN3OS2. The first-order valence-corrected chi connectivity index (χ1v) is 8.43. The number of thiazole rings is 1. The van der Waals surface area contributed by atoms with Gasteiger partial charge in [0.05, 0.1) is 23.1 Å². The molecule has 2 atom stereocenters. The van der Waals surface area contributed by atoms with Crippen LogP contribution in [0.1, 0.15) is 16.1 Å². The van der Waals surface area contributed by atoms with Crippen LogP contribution in [0.25, 0.3) is 0 Å². The number of aromatic nitrogens is 1. The SMILES string of the molecule is O=C(c1cncs1)N(c1cc(F)cc(Cl)c1)[C@H]1CCN[C@H]1S. The number of thiol groups is 1. The predicted molar refractivity (Wildman–Crippen MR) is 89.5 cm³/mol. The molecular weight excluding hydrogens is 345 g/mol. The van der Waals surface area contributed by atoms with Gasteiger partial charge in [-0.25, -0.2) is 4.39 Å². The molecule has 1 aliphatic rings. The highest BCUT2D eigenvalue weighted by molar-refractivity contribution is 7.81. The molecule has 0 radical (unpaired) electrons. The number of rotatable bonds is 3. The van der Waals surface area contributed by atoms with Crippen LogP contribution in [0.15, 0.2) is 29.9 Å². The van der Waals surface area contributed by atoms with E-state index in [9.17, 15) is 9.18 Å². The second-order valence-electron chi connectivity index (χ2n) is 4.92. The Labute approximate surface area is 141 Å². The quantitative estimate of drug-likeness (QED) is 0.829. The molecule has 22 heavy (non-hydrogen) atoms. The normalized spacial score (nSPS) is 21.0. The van der Waals surface area contributed by atoms with Gasteiger partial charge in [0.2, 0.25) is 0 Å². The maximum Gasteiger partial charge on any atom is 0.270 e. The van der Waals surface area contributed by atoms with E-state index in [-0.39, 0.29) is 22.3 Å². The molecule has 1 saturated heterocycles. The highest BCUT2D eigenvalue weighted by atomic mass is 35.5. The van der Waals surface area contributed by atoms with Crippen molar-refractivity contribution in [1.82, 2.24) is 10.3 Å². The minimum Gasteiger partial charge on any atom is -0.304 e. The van der Waals surface area contributed by atoms with Gasteiger partial charge in [-0.2, -0.15) is 12.6 Å². The largest absolute Gasteiger partial charge is 0.304 e. The first-order chi connectivity index (χ1) is 10.6. The van der Waals surface area contributed by atoms with E-state index in [1.807, 2.05) is 0 Å². The van der Waals surface area contributed by atoms with Gasteiger partial charge in [0.1, 0.15) is 10.7 Å². The van der Waals surface area contributed by atoms with Crippen molar-refractivity contribution < 1.29 is 9.18 Å². The predicted octanol–water partition coefficient (Wildman–Crippen LogP) is 3.20. The fourth-order valence-corrected chi connectivity index (χ4v) is 3.70. The lowest BCUT2D eigenvalue weighted by molar-refractivity contribution is 0.0981. The van der Waals surface area contributed by atoms with Crippen LogP contribution in [0.4, 0.5) is 10.1 Å². The molecule has 2 aromatic rings. The van der Waals surface area contributed by atoms with E-state index in [4.69, 9.17) is 11.6 Å². The molecule has 3 rings (SSSR count). The number of carbonyl (C=O) groups excluding carboxylic acids is 1. The summed E-state index contributed by atoms with van der Waals surface area (Å²) in [5, 5.41) is 3.25. The summed E-state index contributed by atoms with van der Waals surface area (Å²) in [7, 11) is 0. The van der Waals surface area contributed by atoms with Crippen molar-refractivity contribution in [3.63, 3.8) is 0 Å². The first kappa shape index (κ1) is 15.7. The van der Waals surface area contributed by atoms with E-state index in [2.05, 4.69) is 22.9 Å². The van der Waals surface area contributed by atoms with Gasteiger partial charge in [0.15, 0.2) is 0 Å². The third kappa shape index (κ3) is 3.12. The van der Waals surface area contributed by atoms with E-state index in [1.54, 1.807) is 16.5 Å². The third-order valence-electron chi connectivity index (χ3n) is 3.48. The molecule has 0 bridgehead atoms. The molecule has 0 aliphatic carbocycles. The highest BCUT2D eigenvalue weighted by Crippen LogP contribution is 2.30. The minimum absolute atomic E-state index is 0.182. The molecule has 2 heterocycles. The van der Waals surface area contributed by atoms with E-state index >= 15 is 0 Å². The standard InChI is InChI=1S/C14H13ClFN3OS2/c15-8-3-9(16)5-10(4-8)19(11-1-2-18-13(11)21)14(20)12-6-17-7-22-12/h3-7,11,13,18,21H,1-2H2/t11-,13-/m0/s1. The van der Waals surface area contributed by atoms with Crippen molar-refractivity contribution in [3.8, 4) is 0 Å². The van der Waals surface area contributed by atoms with Gasteiger partial charge in [-0.15, -0.1) is 11.3 Å². The van der Waals surface area contributed by atoms with E-state index < -0.39 is 5.82 Å². The number of nitrogens with zero attached hydrogens (tertiary/aromatic N) is 2. The van der Waals surface area contributed by atoms with Gasteiger partial charge in [0, 0.05) is 10.7 Å². The fourth-order valence-electron chi connectivity index (χ4n) is 2.52. The van der Waals surface area contributed by atoms with E-state index in [0.29, 0.717) is 10.6 Å². The maximum atomic E-state index is 13.7. The number of benzene rings is 1. The van der Waals surface area contributed by atoms with Gasteiger partial charge in [-0.3, -0.25) is 9.78 Å². The minimum atomic E-state index is -0.480. The van der Waals surface area contributed by atoms with Crippen LogP contribution in [0, 0.1) is 5.82 Å². The number of hydrogen-bond acceptors (Lipinski definition) is 5. The maximum absolute atomic E-state index is 13.7. The average molecular weight is 358 g/mol. The summed E-state index contributed by atoms with van der Waals surface area (Å²) >= 11 is 11.7. The van der Waals surface area contributed by atoms with Crippen molar-refractivity contribution in [2.24, 2.45) is 0 Å². The highest BCUT2D eigenvalue weighted by Gasteiger charge is 2.35. The van der Waals surface area contributed by atoms with Crippen LogP contribution >= 0.6 is 35.6 Å². The lowest BCUT2D eigenvalue weighted by Gasteiger charge is -2.31. The van der Waals surface area contributed by atoms with Crippen molar-refractivity contribution in [2.45, 2.75) is 17.8 Å². The van der Waals surface area contributed by atoms with Crippen LogP contribution in [0.3, 0.4) is 0 Å². The number of amides is 1. The Kier molecular flexibility index (Phi) is 4.67. The Bertz CT molecular complexity index is 662.